The molecular formula is C20H24BrClN2O. The predicted octanol–water partition coefficient (Wildman–Crippen LogP) is 4.07. The third-order valence-corrected chi connectivity index (χ3v) is 5.69. The fourth-order valence-corrected chi connectivity index (χ4v) is 3.60. The molecule has 3 rings (SSSR count). The summed E-state index contributed by atoms with van der Waals surface area (Å²) in [5, 5.41) is 0. The molecule has 0 bridgehead atoms. The number of carbonyl (C=O) groups is 1. The molecular weight excluding hydrogens is 400 g/mol. The first-order valence-corrected chi connectivity index (χ1v) is 9.17. The molecule has 0 unspecified atom stereocenters. The number of rotatable bonds is 4. The van der Waals surface area contributed by atoms with Crippen LogP contribution in [0, 0.1) is 6.92 Å². The number of likely N-dealkylation sites (tertiary alicyclic amines) is 1. The van der Waals surface area contributed by atoms with E-state index in [0.717, 1.165) is 17.4 Å². The van der Waals surface area contributed by atoms with E-state index in [9.17, 15) is 4.79 Å². The van der Waals surface area contributed by atoms with Crippen LogP contribution < -0.4 is 5.73 Å². The molecule has 1 amide bonds. The maximum Gasteiger partial charge on any atom is 0.222 e. The number of nitrogens with zero attached hydrogens (tertiary/aromatic N) is 1. The van der Waals surface area contributed by atoms with E-state index in [1.54, 1.807) is 0 Å². The van der Waals surface area contributed by atoms with Crippen molar-refractivity contribution in [3.05, 3.63) is 69.7 Å². The largest absolute Gasteiger partial charge is 0.340 e. The van der Waals surface area contributed by atoms with E-state index in [1.807, 2.05) is 29.2 Å². The highest BCUT2D eigenvalue weighted by Crippen LogP contribution is 2.27. The maximum absolute atomic E-state index is 12.6. The van der Waals surface area contributed by atoms with Crippen LogP contribution in [0.4, 0.5) is 0 Å². The van der Waals surface area contributed by atoms with Crippen LogP contribution in [-0.2, 0) is 11.2 Å². The number of hydrogen-bond donors (Lipinski definition) is 1. The van der Waals surface area contributed by atoms with Gasteiger partial charge < -0.3 is 10.6 Å². The van der Waals surface area contributed by atoms with E-state index in [2.05, 4.69) is 47.1 Å². The Bertz CT molecular complexity index is 723. The number of nitrogens with two attached hydrogens (primary N) is 1. The van der Waals surface area contributed by atoms with Crippen LogP contribution in [0.5, 0.6) is 0 Å². The maximum atomic E-state index is 12.6. The average molecular weight is 424 g/mol. The highest BCUT2D eigenvalue weighted by Gasteiger charge is 2.33. The quantitative estimate of drug-likeness (QED) is 0.806. The highest BCUT2D eigenvalue weighted by atomic mass is 79.9. The summed E-state index contributed by atoms with van der Waals surface area (Å²) in [5.41, 5.74) is 9.91. The Labute approximate surface area is 164 Å². The van der Waals surface area contributed by atoms with Crippen LogP contribution in [-0.4, -0.2) is 29.9 Å². The molecule has 0 saturated carbocycles. The minimum absolute atomic E-state index is 0. The summed E-state index contributed by atoms with van der Waals surface area (Å²) in [6, 6.07) is 16.6. The summed E-state index contributed by atoms with van der Waals surface area (Å²) < 4.78 is 1.11. The van der Waals surface area contributed by atoms with E-state index in [-0.39, 0.29) is 30.3 Å². The van der Waals surface area contributed by atoms with E-state index in [4.69, 9.17) is 5.73 Å². The van der Waals surface area contributed by atoms with Gasteiger partial charge in [-0.3, -0.25) is 4.79 Å². The van der Waals surface area contributed by atoms with Crippen molar-refractivity contribution in [1.29, 1.82) is 0 Å². The van der Waals surface area contributed by atoms with Crippen molar-refractivity contribution in [2.75, 3.05) is 13.1 Å². The highest BCUT2D eigenvalue weighted by molar-refractivity contribution is 9.10. The van der Waals surface area contributed by atoms with Gasteiger partial charge in [-0.1, -0.05) is 58.4 Å². The molecule has 5 heteroatoms. The topological polar surface area (TPSA) is 46.3 Å². The number of halogens is 2. The van der Waals surface area contributed by atoms with Gasteiger partial charge in [0.05, 0.1) is 0 Å². The summed E-state index contributed by atoms with van der Waals surface area (Å²) in [6.45, 7) is 3.44. The Kier molecular flexibility index (Phi) is 7.05. The van der Waals surface area contributed by atoms with Crippen LogP contribution in [0.15, 0.2) is 53.0 Å². The van der Waals surface area contributed by atoms with Gasteiger partial charge in [-0.25, -0.2) is 0 Å². The fourth-order valence-electron chi connectivity index (χ4n) is 3.36. The van der Waals surface area contributed by atoms with Crippen molar-refractivity contribution >= 4 is 34.2 Å². The average Bonchev–Trinajstić information content (AvgIpc) is 2.98. The Balaban J connectivity index is 0.00000225. The van der Waals surface area contributed by atoms with E-state index in [1.165, 1.54) is 16.7 Å². The second-order valence-electron chi connectivity index (χ2n) is 6.56. The summed E-state index contributed by atoms with van der Waals surface area (Å²) in [6.07, 6.45) is 1.31. The third kappa shape index (κ3) is 4.84. The lowest BCUT2D eigenvalue weighted by atomic mass is 9.95. The Hall–Kier alpha value is -1.36. The van der Waals surface area contributed by atoms with Crippen LogP contribution in [0.3, 0.4) is 0 Å². The van der Waals surface area contributed by atoms with Gasteiger partial charge in [0.25, 0.3) is 0 Å². The molecule has 1 heterocycles. The summed E-state index contributed by atoms with van der Waals surface area (Å²) in [7, 11) is 0. The van der Waals surface area contributed by atoms with Crippen LogP contribution in [0.1, 0.15) is 29.0 Å². The van der Waals surface area contributed by atoms with Gasteiger partial charge in [-0.05, 0) is 36.1 Å². The zero-order chi connectivity index (χ0) is 17.1. The molecule has 2 atom stereocenters. The fraction of sp³-hybridized carbons (Fsp3) is 0.350. The molecule has 2 aromatic carbocycles. The van der Waals surface area contributed by atoms with Crippen LogP contribution in [0.2, 0.25) is 0 Å². The van der Waals surface area contributed by atoms with Gasteiger partial charge >= 0.3 is 0 Å². The molecule has 2 N–H and O–H groups in total. The molecule has 0 spiro atoms. The molecule has 1 fully saturated rings. The zero-order valence-electron chi connectivity index (χ0n) is 14.3. The second kappa shape index (κ2) is 8.84. The standard InChI is InChI=1S/C20H23BrN2O.ClH/c1-14-11-15(7-9-18(14)21)8-10-20(24)23-12-17(19(22)13-23)16-5-3-2-4-6-16;/h2-7,9,11,17,19H,8,10,12-13,22H2,1H3;1H/t17-,19+;/m0./s1. The Morgan fingerprint density at radius 2 is 1.92 bits per heavy atom. The smallest absolute Gasteiger partial charge is 0.222 e. The molecule has 25 heavy (non-hydrogen) atoms. The van der Waals surface area contributed by atoms with E-state index < -0.39 is 0 Å². The lowest BCUT2D eigenvalue weighted by Gasteiger charge is -2.16. The Morgan fingerprint density at radius 1 is 1.20 bits per heavy atom. The summed E-state index contributed by atoms with van der Waals surface area (Å²) >= 11 is 3.51. The minimum Gasteiger partial charge on any atom is -0.340 e. The van der Waals surface area contributed by atoms with E-state index >= 15 is 0 Å². The van der Waals surface area contributed by atoms with Gasteiger partial charge in [0.15, 0.2) is 0 Å². The molecule has 0 aromatic heterocycles. The monoisotopic (exact) mass is 422 g/mol. The molecule has 0 aliphatic carbocycles. The summed E-state index contributed by atoms with van der Waals surface area (Å²) in [4.78, 5) is 14.5. The van der Waals surface area contributed by atoms with Crippen molar-refractivity contribution in [1.82, 2.24) is 4.90 Å². The molecule has 134 valence electrons. The number of hydrogen-bond acceptors (Lipinski definition) is 2. The van der Waals surface area contributed by atoms with Crippen molar-refractivity contribution in [3.63, 3.8) is 0 Å². The lowest BCUT2D eigenvalue weighted by molar-refractivity contribution is -0.130. The molecule has 1 aliphatic rings. The number of amides is 1. The molecule has 1 aliphatic heterocycles. The number of benzene rings is 2. The molecule has 3 nitrogen and oxygen atoms in total. The summed E-state index contributed by atoms with van der Waals surface area (Å²) in [5.74, 6) is 0.439. The second-order valence-corrected chi connectivity index (χ2v) is 7.42. The molecule has 1 saturated heterocycles. The zero-order valence-corrected chi connectivity index (χ0v) is 16.7. The van der Waals surface area contributed by atoms with Gasteiger partial charge in [0.1, 0.15) is 0 Å². The van der Waals surface area contributed by atoms with Crippen LogP contribution in [0.25, 0.3) is 0 Å². The SMILES string of the molecule is Cc1cc(CCC(=O)N2C[C@@H](N)[C@H](c3ccccc3)C2)ccc1Br.Cl. The number of aryl methyl sites for hydroxylation is 2. The predicted molar refractivity (Wildman–Crippen MR) is 108 cm³/mol. The van der Waals surface area contributed by atoms with E-state index in [0.29, 0.717) is 13.0 Å². The third-order valence-electron chi connectivity index (χ3n) is 4.80. The molecule has 2 aromatic rings. The normalized spacial score (nSPS) is 19.6. The van der Waals surface area contributed by atoms with Gasteiger partial charge in [0.2, 0.25) is 5.91 Å². The van der Waals surface area contributed by atoms with Crippen molar-refractivity contribution < 1.29 is 4.79 Å². The first-order chi connectivity index (χ1) is 11.5. The van der Waals surface area contributed by atoms with Gasteiger partial charge in [-0.15, -0.1) is 12.4 Å². The molecule has 0 radical (unpaired) electrons. The van der Waals surface area contributed by atoms with Gasteiger partial charge in [0, 0.05) is 35.9 Å². The van der Waals surface area contributed by atoms with Crippen molar-refractivity contribution in [2.24, 2.45) is 5.73 Å². The Morgan fingerprint density at radius 3 is 2.60 bits per heavy atom. The first-order valence-electron chi connectivity index (χ1n) is 8.38. The van der Waals surface area contributed by atoms with Crippen molar-refractivity contribution in [2.45, 2.75) is 31.7 Å². The minimum atomic E-state index is 0. The number of carbonyl (C=O) groups excluding carboxylic acids is 1. The lowest BCUT2D eigenvalue weighted by Crippen LogP contribution is -2.32. The van der Waals surface area contributed by atoms with Crippen molar-refractivity contribution in [3.8, 4) is 0 Å². The first kappa shape index (κ1) is 20.0. The van der Waals surface area contributed by atoms with Crippen LogP contribution >= 0.6 is 28.3 Å². The van der Waals surface area contributed by atoms with Gasteiger partial charge in [-0.2, -0.15) is 0 Å².